The number of anilines is 1. The SMILES string of the molecule is CO[C@H]1Nc2ccccc2-c2ccccc2C1=O. The van der Waals surface area contributed by atoms with Crippen LogP contribution in [-0.4, -0.2) is 19.1 Å². The Morgan fingerprint density at radius 2 is 1.56 bits per heavy atom. The minimum Gasteiger partial charge on any atom is -0.354 e. The van der Waals surface area contributed by atoms with Crippen LogP contribution in [0.25, 0.3) is 11.1 Å². The molecule has 0 saturated carbocycles. The predicted molar refractivity (Wildman–Crippen MR) is 70.6 cm³/mol. The molecule has 0 saturated heterocycles. The Labute approximate surface area is 105 Å². The van der Waals surface area contributed by atoms with E-state index < -0.39 is 6.23 Å². The first-order valence-corrected chi connectivity index (χ1v) is 5.83. The summed E-state index contributed by atoms with van der Waals surface area (Å²) in [5.41, 5.74) is 3.59. The van der Waals surface area contributed by atoms with Crippen LogP contribution >= 0.6 is 0 Å². The molecule has 1 atom stereocenters. The van der Waals surface area contributed by atoms with Crippen molar-refractivity contribution in [2.24, 2.45) is 0 Å². The number of fused-ring (bicyclic) bond motifs is 3. The Hall–Kier alpha value is -2.13. The van der Waals surface area contributed by atoms with Crippen LogP contribution in [0.2, 0.25) is 0 Å². The molecule has 0 unspecified atom stereocenters. The van der Waals surface area contributed by atoms with Crippen molar-refractivity contribution in [2.75, 3.05) is 12.4 Å². The number of ether oxygens (including phenoxy) is 1. The Balaban J connectivity index is 2.28. The number of carbonyl (C=O) groups excluding carboxylic acids is 1. The Morgan fingerprint density at radius 1 is 0.944 bits per heavy atom. The van der Waals surface area contributed by atoms with Crippen LogP contribution in [0.15, 0.2) is 48.5 Å². The normalized spacial score (nSPS) is 17.4. The highest BCUT2D eigenvalue weighted by atomic mass is 16.5. The van der Waals surface area contributed by atoms with Crippen molar-refractivity contribution in [3.8, 4) is 11.1 Å². The second-order valence-corrected chi connectivity index (χ2v) is 4.22. The number of Topliss-reactive ketones (excluding diaryl/α,β-unsaturated/α-hetero) is 1. The third kappa shape index (κ3) is 1.60. The van der Waals surface area contributed by atoms with E-state index in [1.165, 1.54) is 7.11 Å². The van der Waals surface area contributed by atoms with E-state index in [-0.39, 0.29) is 5.78 Å². The zero-order valence-corrected chi connectivity index (χ0v) is 10.0. The third-order valence-corrected chi connectivity index (χ3v) is 3.17. The monoisotopic (exact) mass is 239 g/mol. The van der Waals surface area contributed by atoms with Gasteiger partial charge in [0.25, 0.3) is 0 Å². The molecule has 3 rings (SSSR count). The first-order valence-electron chi connectivity index (χ1n) is 5.83. The molecule has 0 aliphatic carbocycles. The summed E-state index contributed by atoms with van der Waals surface area (Å²) in [6.45, 7) is 0. The number of para-hydroxylation sites is 1. The summed E-state index contributed by atoms with van der Waals surface area (Å²) in [6, 6.07) is 15.5. The van der Waals surface area contributed by atoms with Crippen molar-refractivity contribution in [3.05, 3.63) is 54.1 Å². The minimum absolute atomic E-state index is 0.0377. The number of hydrogen-bond donors (Lipinski definition) is 1. The van der Waals surface area contributed by atoms with Crippen LogP contribution in [0.5, 0.6) is 0 Å². The smallest absolute Gasteiger partial charge is 0.212 e. The molecule has 1 heterocycles. The first kappa shape index (κ1) is 11.0. The highest BCUT2D eigenvalue weighted by Gasteiger charge is 2.27. The first-order chi connectivity index (χ1) is 8.81. The predicted octanol–water partition coefficient (Wildman–Crippen LogP) is 2.93. The van der Waals surface area contributed by atoms with Gasteiger partial charge in [0.05, 0.1) is 0 Å². The van der Waals surface area contributed by atoms with E-state index in [0.29, 0.717) is 5.56 Å². The van der Waals surface area contributed by atoms with Crippen LogP contribution < -0.4 is 5.32 Å². The van der Waals surface area contributed by atoms with E-state index >= 15 is 0 Å². The topological polar surface area (TPSA) is 38.3 Å². The van der Waals surface area contributed by atoms with E-state index in [0.717, 1.165) is 16.8 Å². The van der Waals surface area contributed by atoms with Gasteiger partial charge in [-0.3, -0.25) is 4.79 Å². The maximum Gasteiger partial charge on any atom is 0.212 e. The third-order valence-electron chi connectivity index (χ3n) is 3.17. The summed E-state index contributed by atoms with van der Waals surface area (Å²) in [5.74, 6) is -0.0377. The van der Waals surface area contributed by atoms with Crippen LogP contribution in [-0.2, 0) is 4.74 Å². The highest BCUT2D eigenvalue weighted by Crippen LogP contribution is 2.34. The summed E-state index contributed by atoms with van der Waals surface area (Å²) < 4.78 is 5.24. The Bertz CT molecular complexity index is 607. The standard InChI is InChI=1S/C15H13NO2/c1-18-15-14(17)12-8-3-2-6-10(12)11-7-4-5-9-13(11)16-15/h2-9,15-16H,1H3/t15-/m1/s1. The fraction of sp³-hybridized carbons (Fsp3) is 0.133. The summed E-state index contributed by atoms with van der Waals surface area (Å²) in [6.07, 6.45) is -0.630. The van der Waals surface area contributed by atoms with Gasteiger partial charge < -0.3 is 10.1 Å². The van der Waals surface area contributed by atoms with Crippen molar-refractivity contribution in [1.29, 1.82) is 0 Å². The Kier molecular flexibility index (Phi) is 2.61. The minimum atomic E-state index is -0.630. The molecule has 0 bridgehead atoms. The molecule has 90 valence electrons. The van der Waals surface area contributed by atoms with E-state index in [4.69, 9.17) is 4.74 Å². The second kappa shape index (κ2) is 4.27. The zero-order valence-electron chi connectivity index (χ0n) is 10.0. The van der Waals surface area contributed by atoms with Gasteiger partial charge in [-0.25, -0.2) is 0 Å². The molecule has 0 radical (unpaired) electrons. The molecule has 0 spiro atoms. The molecule has 18 heavy (non-hydrogen) atoms. The lowest BCUT2D eigenvalue weighted by Gasteiger charge is -2.14. The largest absolute Gasteiger partial charge is 0.354 e. The van der Waals surface area contributed by atoms with Crippen molar-refractivity contribution in [3.63, 3.8) is 0 Å². The molecule has 0 aromatic heterocycles. The quantitative estimate of drug-likeness (QED) is 0.831. The number of benzene rings is 2. The van der Waals surface area contributed by atoms with E-state index in [1.54, 1.807) is 0 Å². The molecule has 0 fully saturated rings. The fourth-order valence-corrected chi connectivity index (χ4v) is 2.29. The lowest BCUT2D eigenvalue weighted by molar-refractivity contribution is 0.0680. The van der Waals surface area contributed by atoms with Gasteiger partial charge in [0.2, 0.25) is 5.78 Å². The molecule has 3 heteroatoms. The van der Waals surface area contributed by atoms with E-state index in [1.807, 2.05) is 48.5 Å². The van der Waals surface area contributed by atoms with Crippen LogP contribution in [0, 0.1) is 0 Å². The summed E-state index contributed by atoms with van der Waals surface area (Å²) >= 11 is 0. The second-order valence-electron chi connectivity index (χ2n) is 4.22. The van der Waals surface area contributed by atoms with Crippen molar-refractivity contribution < 1.29 is 9.53 Å². The number of carbonyl (C=O) groups is 1. The average molecular weight is 239 g/mol. The number of rotatable bonds is 1. The number of ketones is 1. The lowest BCUT2D eigenvalue weighted by atomic mass is 9.97. The maximum absolute atomic E-state index is 12.3. The summed E-state index contributed by atoms with van der Waals surface area (Å²) in [7, 11) is 1.53. The molecule has 1 aliphatic heterocycles. The molecular weight excluding hydrogens is 226 g/mol. The van der Waals surface area contributed by atoms with E-state index in [9.17, 15) is 4.79 Å². The highest BCUT2D eigenvalue weighted by molar-refractivity contribution is 6.09. The van der Waals surface area contributed by atoms with Gasteiger partial charge in [-0.1, -0.05) is 42.5 Å². The Morgan fingerprint density at radius 3 is 2.28 bits per heavy atom. The molecular formula is C15H13NO2. The van der Waals surface area contributed by atoms with E-state index in [2.05, 4.69) is 5.32 Å². The molecule has 2 aromatic rings. The molecule has 2 aromatic carbocycles. The maximum atomic E-state index is 12.3. The molecule has 0 amide bonds. The number of hydrogen-bond acceptors (Lipinski definition) is 3. The van der Waals surface area contributed by atoms with Gasteiger partial charge in [0, 0.05) is 23.9 Å². The van der Waals surface area contributed by atoms with Crippen LogP contribution in [0.4, 0.5) is 5.69 Å². The fourth-order valence-electron chi connectivity index (χ4n) is 2.29. The van der Waals surface area contributed by atoms with Gasteiger partial charge in [-0.2, -0.15) is 0 Å². The summed E-state index contributed by atoms with van der Waals surface area (Å²) in [5, 5.41) is 3.13. The van der Waals surface area contributed by atoms with Crippen molar-refractivity contribution in [1.82, 2.24) is 0 Å². The molecule has 1 aliphatic rings. The lowest BCUT2D eigenvalue weighted by Crippen LogP contribution is -2.30. The summed E-state index contributed by atoms with van der Waals surface area (Å²) in [4.78, 5) is 12.3. The average Bonchev–Trinajstić information content (AvgIpc) is 2.55. The van der Waals surface area contributed by atoms with Gasteiger partial charge in [0.1, 0.15) is 0 Å². The zero-order chi connectivity index (χ0) is 12.5. The van der Waals surface area contributed by atoms with Crippen molar-refractivity contribution >= 4 is 11.5 Å². The van der Waals surface area contributed by atoms with Crippen LogP contribution in [0.1, 0.15) is 10.4 Å². The molecule has 1 N–H and O–H groups in total. The van der Waals surface area contributed by atoms with Crippen molar-refractivity contribution in [2.45, 2.75) is 6.23 Å². The van der Waals surface area contributed by atoms with Crippen LogP contribution in [0.3, 0.4) is 0 Å². The molecule has 3 nitrogen and oxygen atoms in total. The number of nitrogens with one attached hydrogen (secondary N) is 1. The van der Waals surface area contributed by atoms with Gasteiger partial charge in [0.15, 0.2) is 6.23 Å². The van der Waals surface area contributed by atoms with Gasteiger partial charge in [-0.15, -0.1) is 0 Å². The van der Waals surface area contributed by atoms with Gasteiger partial charge >= 0.3 is 0 Å². The van der Waals surface area contributed by atoms with Gasteiger partial charge in [-0.05, 0) is 11.6 Å². The number of methoxy groups -OCH3 is 1.